The Balaban J connectivity index is 1.94. The van der Waals surface area contributed by atoms with Crippen molar-refractivity contribution < 1.29 is 0 Å². The molecular formula is C11H19NSSi. The molecule has 1 aromatic rings. The third kappa shape index (κ3) is 2.68. The zero-order valence-corrected chi connectivity index (χ0v) is 11.2. The summed E-state index contributed by atoms with van der Waals surface area (Å²) in [5, 5.41) is 0. The first kappa shape index (κ1) is 10.4. The zero-order chi connectivity index (χ0) is 10.2. The van der Waals surface area contributed by atoms with Crippen molar-refractivity contribution >= 4 is 23.9 Å². The van der Waals surface area contributed by atoms with Gasteiger partial charge in [-0.05, 0) is 17.0 Å². The van der Waals surface area contributed by atoms with Crippen molar-refractivity contribution in [2.45, 2.75) is 26.1 Å². The standard InChI is InChI=1S/C11H19NSSi/c1-14(2,3)11-5-4-10(13-11)6-7-12-8-9-12/h4-5H,6-9H2,1-3H3. The van der Waals surface area contributed by atoms with E-state index < -0.39 is 8.07 Å². The first-order valence-corrected chi connectivity index (χ1v) is 9.69. The van der Waals surface area contributed by atoms with Gasteiger partial charge in [-0.25, -0.2) is 0 Å². The maximum absolute atomic E-state index is 2.49. The lowest BCUT2D eigenvalue weighted by Crippen LogP contribution is -2.34. The molecule has 0 N–H and O–H groups in total. The van der Waals surface area contributed by atoms with Gasteiger partial charge < -0.3 is 4.90 Å². The molecule has 14 heavy (non-hydrogen) atoms. The average molecular weight is 225 g/mol. The molecule has 1 saturated heterocycles. The van der Waals surface area contributed by atoms with Crippen molar-refractivity contribution in [2.24, 2.45) is 0 Å². The highest BCUT2D eigenvalue weighted by molar-refractivity contribution is 7.26. The number of hydrogen-bond acceptors (Lipinski definition) is 2. The molecular weight excluding hydrogens is 206 g/mol. The van der Waals surface area contributed by atoms with Gasteiger partial charge >= 0.3 is 0 Å². The summed E-state index contributed by atoms with van der Waals surface area (Å²) in [6, 6.07) is 4.69. The highest BCUT2D eigenvalue weighted by Gasteiger charge is 2.20. The molecule has 0 spiro atoms. The van der Waals surface area contributed by atoms with Gasteiger partial charge in [0, 0.05) is 24.5 Å². The fourth-order valence-corrected chi connectivity index (χ4v) is 4.43. The van der Waals surface area contributed by atoms with E-state index in [2.05, 4.69) is 36.7 Å². The van der Waals surface area contributed by atoms with Crippen LogP contribution in [0.2, 0.25) is 19.6 Å². The number of hydrogen-bond donors (Lipinski definition) is 0. The lowest BCUT2D eigenvalue weighted by atomic mass is 10.3. The lowest BCUT2D eigenvalue weighted by molar-refractivity contribution is 0.563. The molecule has 1 nitrogen and oxygen atoms in total. The van der Waals surface area contributed by atoms with E-state index in [9.17, 15) is 0 Å². The van der Waals surface area contributed by atoms with Gasteiger partial charge in [-0.2, -0.15) is 11.3 Å². The third-order valence-corrected chi connectivity index (χ3v) is 7.36. The van der Waals surface area contributed by atoms with Crippen molar-refractivity contribution in [1.29, 1.82) is 0 Å². The Morgan fingerprint density at radius 2 is 2.00 bits per heavy atom. The topological polar surface area (TPSA) is 3.01 Å². The van der Waals surface area contributed by atoms with Crippen molar-refractivity contribution in [3.8, 4) is 0 Å². The minimum atomic E-state index is -1.05. The molecule has 78 valence electrons. The van der Waals surface area contributed by atoms with E-state index >= 15 is 0 Å². The van der Waals surface area contributed by atoms with Gasteiger partial charge in [0.05, 0.1) is 8.07 Å². The predicted molar refractivity (Wildman–Crippen MR) is 67.4 cm³/mol. The summed E-state index contributed by atoms with van der Waals surface area (Å²) in [7, 11) is -1.05. The van der Waals surface area contributed by atoms with Crippen LogP contribution in [0.4, 0.5) is 0 Å². The van der Waals surface area contributed by atoms with Gasteiger partial charge in [-0.1, -0.05) is 25.7 Å². The normalized spacial score (nSPS) is 17.4. The Hall–Kier alpha value is -0.123. The molecule has 1 aliphatic rings. The molecule has 2 rings (SSSR count). The maximum atomic E-state index is 2.49. The molecule has 0 saturated carbocycles. The summed E-state index contributed by atoms with van der Waals surface area (Å²) >= 11 is 2.04. The number of rotatable bonds is 4. The SMILES string of the molecule is C[Si](C)(C)c1ccc(CCN2CC2)s1. The fraction of sp³-hybridized carbons (Fsp3) is 0.636. The Morgan fingerprint density at radius 1 is 1.29 bits per heavy atom. The van der Waals surface area contributed by atoms with Crippen LogP contribution in [-0.4, -0.2) is 32.6 Å². The molecule has 0 radical (unpaired) electrons. The van der Waals surface area contributed by atoms with E-state index in [0.29, 0.717) is 0 Å². The van der Waals surface area contributed by atoms with Crippen LogP contribution < -0.4 is 4.50 Å². The van der Waals surface area contributed by atoms with Crippen LogP contribution in [0.5, 0.6) is 0 Å². The van der Waals surface area contributed by atoms with E-state index in [-0.39, 0.29) is 0 Å². The summed E-state index contributed by atoms with van der Waals surface area (Å²) in [5.74, 6) is 0. The highest BCUT2D eigenvalue weighted by atomic mass is 32.1. The minimum Gasteiger partial charge on any atom is -0.300 e. The van der Waals surface area contributed by atoms with Crippen molar-refractivity contribution in [2.75, 3.05) is 19.6 Å². The quantitative estimate of drug-likeness (QED) is 0.560. The molecule has 0 amide bonds. The molecule has 0 bridgehead atoms. The molecule has 1 fully saturated rings. The van der Waals surface area contributed by atoms with Crippen LogP contribution in [0.25, 0.3) is 0 Å². The lowest BCUT2D eigenvalue weighted by Gasteiger charge is -2.12. The molecule has 0 atom stereocenters. The number of nitrogens with zero attached hydrogens (tertiary/aromatic N) is 1. The van der Waals surface area contributed by atoms with Gasteiger partial charge in [0.1, 0.15) is 0 Å². The monoisotopic (exact) mass is 225 g/mol. The van der Waals surface area contributed by atoms with Crippen molar-refractivity contribution in [1.82, 2.24) is 4.90 Å². The Labute approximate surface area is 91.8 Å². The van der Waals surface area contributed by atoms with Crippen LogP contribution in [0.1, 0.15) is 4.88 Å². The predicted octanol–water partition coefficient (Wildman–Crippen LogP) is 2.15. The van der Waals surface area contributed by atoms with E-state index in [0.717, 1.165) is 0 Å². The Morgan fingerprint density at radius 3 is 2.50 bits per heavy atom. The summed E-state index contributed by atoms with van der Waals surface area (Å²) in [6.45, 7) is 11.2. The molecule has 2 heterocycles. The zero-order valence-electron chi connectivity index (χ0n) is 9.34. The van der Waals surface area contributed by atoms with Crippen LogP contribution in [-0.2, 0) is 6.42 Å². The van der Waals surface area contributed by atoms with E-state index in [1.165, 1.54) is 26.1 Å². The largest absolute Gasteiger partial charge is 0.300 e. The highest BCUT2D eigenvalue weighted by Crippen LogP contribution is 2.15. The van der Waals surface area contributed by atoms with Gasteiger partial charge in [0.15, 0.2) is 0 Å². The van der Waals surface area contributed by atoms with Crippen molar-refractivity contribution in [3.63, 3.8) is 0 Å². The second-order valence-electron chi connectivity index (χ2n) is 5.11. The van der Waals surface area contributed by atoms with E-state index in [1.807, 2.05) is 11.3 Å². The maximum Gasteiger partial charge on any atom is 0.0904 e. The van der Waals surface area contributed by atoms with Crippen LogP contribution in [0.3, 0.4) is 0 Å². The summed E-state index contributed by atoms with van der Waals surface area (Å²) in [6.07, 6.45) is 1.26. The summed E-state index contributed by atoms with van der Waals surface area (Å²) < 4.78 is 1.65. The molecule has 0 aliphatic carbocycles. The molecule has 3 heteroatoms. The van der Waals surface area contributed by atoms with Crippen LogP contribution in [0, 0.1) is 0 Å². The average Bonchev–Trinajstić information content (AvgIpc) is 2.77. The Bertz CT molecular complexity index is 309. The molecule has 1 aliphatic heterocycles. The minimum absolute atomic E-state index is 1.05. The summed E-state index contributed by atoms with van der Waals surface area (Å²) in [4.78, 5) is 4.07. The van der Waals surface area contributed by atoms with E-state index in [1.54, 1.807) is 9.38 Å². The third-order valence-electron chi connectivity index (χ3n) is 2.62. The summed E-state index contributed by atoms with van der Waals surface area (Å²) in [5.41, 5.74) is 0. The Kier molecular flexibility index (Phi) is 2.82. The second kappa shape index (κ2) is 3.80. The molecule has 0 aromatic carbocycles. The van der Waals surface area contributed by atoms with Gasteiger partial charge in [-0.15, -0.1) is 0 Å². The molecule has 1 aromatic heterocycles. The van der Waals surface area contributed by atoms with Crippen molar-refractivity contribution in [3.05, 3.63) is 17.0 Å². The fourth-order valence-electron chi connectivity index (χ4n) is 1.48. The molecule has 0 unspecified atom stereocenters. The smallest absolute Gasteiger partial charge is 0.0904 e. The first-order valence-electron chi connectivity index (χ1n) is 5.37. The first-order chi connectivity index (χ1) is 6.55. The van der Waals surface area contributed by atoms with Gasteiger partial charge in [0.2, 0.25) is 0 Å². The van der Waals surface area contributed by atoms with Crippen LogP contribution >= 0.6 is 11.3 Å². The van der Waals surface area contributed by atoms with E-state index in [4.69, 9.17) is 0 Å². The van der Waals surface area contributed by atoms with Gasteiger partial charge in [0.25, 0.3) is 0 Å². The van der Waals surface area contributed by atoms with Gasteiger partial charge in [-0.3, -0.25) is 0 Å². The number of thiophene rings is 1. The second-order valence-corrected chi connectivity index (χ2v) is 11.7. The van der Waals surface area contributed by atoms with Crippen LogP contribution in [0.15, 0.2) is 12.1 Å².